The van der Waals surface area contributed by atoms with Crippen molar-refractivity contribution in [1.82, 2.24) is 5.32 Å². The van der Waals surface area contributed by atoms with Crippen LogP contribution >= 0.6 is 0 Å². The van der Waals surface area contributed by atoms with Gasteiger partial charge in [0.1, 0.15) is 0 Å². The molecule has 0 aromatic heterocycles. The lowest BCUT2D eigenvalue weighted by atomic mass is 9.95. The molecular formula is C14H28N2O. The highest BCUT2D eigenvalue weighted by molar-refractivity contribution is 4.79. The van der Waals surface area contributed by atoms with E-state index in [2.05, 4.69) is 5.32 Å². The number of rotatable bonds is 4. The Balaban J connectivity index is 1.62. The van der Waals surface area contributed by atoms with E-state index in [-0.39, 0.29) is 0 Å². The molecule has 3 nitrogen and oxygen atoms in total. The zero-order chi connectivity index (χ0) is 11.9. The molecule has 1 saturated heterocycles. The summed E-state index contributed by atoms with van der Waals surface area (Å²) >= 11 is 0. The van der Waals surface area contributed by atoms with Crippen LogP contribution in [0.4, 0.5) is 0 Å². The van der Waals surface area contributed by atoms with Crippen LogP contribution in [0, 0.1) is 5.92 Å². The third kappa shape index (κ3) is 4.57. The van der Waals surface area contributed by atoms with Gasteiger partial charge in [0.15, 0.2) is 0 Å². The Hall–Kier alpha value is -0.120. The van der Waals surface area contributed by atoms with Gasteiger partial charge in [-0.25, -0.2) is 0 Å². The Morgan fingerprint density at radius 3 is 2.59 bits per heavy atom. The fourth-order valence-corrected chi connectivity index (χ4v) is 3.06. The smallest absolute Gasteiger partial charge is 0.0699 e. The van der Waals surface area contributed by atoms with E-state index in [1.807, 2.05) is 0 Å². The molecule has 3 N–H and O–H groups in total. The molecule has 0 bridgehead atoms. The van der Waals surface area contributed by atoms with Crippen molar-refractivity contribution >= 4 is 0 Å². The van der Waals surface area contributed by atoms with E-state index < -0.39 is 0 Å². The molecule has 1 heterocycles. The molecule has 0 radical (unpaired) electrons. The van der Waals surface area contributed by atoms with Gasteiger partial charge in [-0.1, -0.05) is 19.3 Å². The van der Waals surface area contributed by atoms with Gasteiger partial charge in [0.05, 0.1) is 6.10 Å². The molecular weight excluding hydrogens is 212 g/mol. The quantitative estimate of drug-likeness (QED) is 0.739. The van der Waals surface area contributed by atoms with Gasteiger partial charge in [0.2, 0.25) is 0 Å². The van der Waals surface area contributed by atoms with Gasteiger partial charge >= 0.3 is 0 Å². The first kappa shape index (κ1) is 13.3. The van der Waals surface area contributed by atoms with Crippen LogP contribution in [0.2, 0.25) is 0 Å². The van der Waals surface area contributed by atoms with Crippen LogP contribution < -0.4 is 11.1 Å². The zero-order valence-electron chi connectivity index (χ0n) is 11.0. The van der Waals surface area contributed by atoms with E-state index in [4.69, 9.17) is 10.5 Å². The summed E-state index contributed by atoms with van der Waals surface area (Å²) in [7, 11) is 0. The van der Waals surface area contributed by atoms with Crippen molar-refractivity contribution in [3.63, 3.8) is 0 Å². The van der Waals surface area contributed by atoms with Gasteiger partial charge in [0.25, 0.3) is 0 Å². The van der Waals surface area contributed by atoms with Crippen LogP contribution in [0.25, 0.3) is 0 Å². The second kappa shape index (κ2) is 7.34. The standard InChI is InChI=1S/C14H28N2O/c15-14-8-3-1-2-6-12(14)10-16-11-13-7-4-5-9-17-13/h12-14,16H,1-11,15H2. The molecule has 1 aliphatic carbocycles. The van der Waals surface area contributed by atoms with Crippen LogP contribution in [0.15, 0.2) is 0 Å². The van der Waals surface area contributed by atoms with E-state index in [1.165, 1.54) is 51.4 Å². The van der Waals surface area contributed by atoms with Gasteiger partial charge in [-0.3, -0.25) is 0 Å². The summed E-state index contributed by atoms with van der Waals surface area (Å²) in [6.07, 6.45) is 10.8. The largest absolute Gasteiger partial charge is 0.377 e. The highest BCUT2D eigenvalue weighted by atomic mass is 16.5. The monoisotopic (exact) mass is 240 g/mol. The van der Waals surface area contributed by atoms with Gasteiger partial charge in [0, 0.05) is 19.2 Å². The molecule has 17 heavy (non-hydrogen) atoms. The lowest BCUT2D eigenvalue weighted by Gasteiger charge is -2.26. The normalized spacial score (nSPS) is 35.5. The van der Waals surface area contributed by atoms with E-state index in [1.54, 1.807) is 0 Å². The molecule has 2 aliphatic rings. The van der Waals surface area contributed by atoms with Crippen molar-refractivity contribution in [2.24, 2.45) is 11.7 Å². The van der Waals surface area contributed by atoms with Gasteiger partial charge in [-0.2, -0.15) is 0 Å². The molecule has 0 spiro atoms. The second-order valence-electron chi connectivity index (χ2n) is 5.71. The van der Waals surface area contributed by atoms with Gasteiger partial charge < -0.3 is 15.8 Å². The van der Waals surface area contributed by atoms with E-state index in [9.17, 15) is 0 Å². The molecule has 1 aliphatic heterocycles. The average Bonchev–Trinajstić information content (AvgIpc) is 2.56. The molecule has 3 heteroatoms. The molecule has 2 fully saturated rings. The second-order valence-corrected chi connectivity index (χ2v) is 5.71. The van der Waals surface area contributed by atoms with Crippen molar-refractivity contribution in [2.45, 2.75) is 63.5 Å². The Kier molecular flexibility index (Phi) is 5.75. The maximum atomic E-state index is 6.23. The number of nitrogens with one attached hydrogen (secondary N) is 1. The number of nitrogens with two attached hydrogens (primary N) is 1. The first-order valence-corrected chi connectivity index (χ1v) is 7.44. The first-order valence-electron chi connectivity index (χ1n) is 7.44. The fourth-order valence-electron chi connectivity index (χ4n) is 3.06. The topological polar surface area (TPSA) is 47.3 Å². The van der Waals surface area contributed by atoms with Crippen LogP contribution in [0.1, 0.15) is 51.4 Å². The Morgan fingerprint density at radius 1 is 0.941 bits per heavy atom. The Bertz CT molecular complexity index is 204. The molecule has 3 unspecified atom stereocenters. The highest BCUT2D eigenvalue weighted by Gasteiger charge is 2.20. The lowest BCUT2D eigenvalue weighted by molar-refractivity contribution is 0.0163. The number of ether oxygens (including phenoxy) is 1. The van der Waals surface area contributed by atoms with E-state index in [0.717, 1.165) is 19.7 Å². The lowest BCUT2D eigenvalue weighted by Crippen LogP contribution is -2.40. The van der Waals surface area contributed by atoms with Crippen LogP contribution in [-0.2, 0) is 4.74 Å². The summed E-state index contributed by atoms with van der Waals surface area (Å²) in [6, 6.07) is 0.414. The third-order valence-electron chi connectivity index (χ3n) is 4.27. The maximum Gasteiger partial charge on any atom is 0.0699 e. The highest BCUT2D eigenvalue weighted by Crippen LogP contribution is 2.21. The molecule has 2 rings (SSSR count). The summed E-state index contributed by atoms with van der Waals surface area (Å²) in [4.78, 5) is 0. The van der Waals surface area contributed by atoms with Gasteiger partial charge in [-0.15, -0.1) is 0 Å². The first-order chi connectivity index (χ1) is 8.36. The Labute approximate surface area is 105 Å². The van der Waals surface area contributed by atoms with Crippen LogP contribution in [-0.4, -0.2) is 31.8 Å². The van der Waals surface area contributed by atoms with Crippen molar-refractivity contribution in [3.05, 3.63) is 0 Å². The predicted octanol–water partition coefficient (Wildman–Crippen LogP) is 2.05. The van der Waals surface area contributed by atoms with E-state index >= 15 is 0 Å². The molecule has 0 amide bonds. The van der Waals surface area contributed by atoms with Crippen LogP contribution in [0.3, 0.4) is 0 Å². The summed E-state index contributed by atoms with van der Waals surface area (Å²) in [6.45, 7) is 3.06. The summed E-state index contributed by atoms with van der Waals surface area (Å²) in [5, 5.41) is 3.58. The third-order valence-corrected chi connectivity index (χ3v) is 4.27. The molecule has 0 aromatic rings. The van der Waals surface area contributed by atoms with Crippen LogP contribution in [0.5, 0.6) is 0 Å². The molecule has 1 saturated carbocycles. The van der Waals surface area contributed by atoms with Crippen molar-refractivity contribution in [1.29, 1.82) is 0 Å². The fraction of sp³-hybridized carbons (Fsp3) is 1.00. The number of hydrogen-bond donors (Lipinski definition) is 2. The minimum atomic E-state index is 0.414. The van der Waals surface area contributed by atoms with E-state index in [0.29, 0.717) is 18.1 Å². The maximum absolute atomic E-state index is 6.23. The van der Waals surface area contributed by atoms with Crippen molar-refractivity contribution in [2.75, 3.05) is 19.7 Å². The number of hydrogen-bond acceptors (Lipinski definition) is 3. The minimum absolute atomic E-state index is 0.414. The van der Waals surface area contributed by atoms with Gasteiger partial charge in [-0.05, 0) is 44.6 Å². The predicted molar refractivity (Wildman–Crippen MR) is 71.0 cm³/mol. The molecule has 3 atom stereocenters. The van der Waals surface area contributed by atoms with Crippen molar-refractivity contribution in [3.8, 4) is 0 Å². The summed E-state index contributed by atoms with van der Waals surface area (Å²) < 4.78 is 5.73. The molecule has 0 aromatic carbocycles. The molecule has 100 valence electrons. The zero-order valence-corrected chi connectivity index (χ0v) is 11.0. The summed E-state index contributed by atoms with van der Waals surface area (Å²) in [5.74, 6) is 0.682. The minimum Gasteiger partial charge on any atom is -0.377 e. The van der Waals surface area contributed by atoms with Crippen molar-refractivity contribution < 1.29 is 4.74 Å². The SMILES string of the molecule is NC1CCCCCC1CNCC1CCCCO1. The average molecular weight is 240 g/mol. The Morgan fingerprint density at radius 2 is 1.76 bits per heavy atom. The summed E-state index contributed by atoms with van der Waals surface area (Å²) in [5.41, 5.74) is 6.23.